The zero-order chi connectivity index (χ0) is 25.3. The molecular formula is C30H49N3O2. The predicted molar refractivity (Wildman–Crippen MR) is 141 cm³/mol. The van der Waals surface area contributed by atoms with Crippen molar-refractivity contribution >= 4 is 11.8 Å². The van der Waals surface area contributed by atoms with Crippen LogP contribution in [0.4, 0.5) is 0 Å². The van der Waals surface area contributed by atoms with Crippen molar-refractivity contribution in [1.82, 2.24) is 15.1 Å². The number of nitrogens with zero attached hydrogens (tertiary/aromatic N) is 2. The molecule has 9 atom stereocenters. The SMILES string of the molecule is CC(=O)N[C@H](C(=O)N(C)[C@H]1CC[C@@]2(C)C(=CC[C@H]3[C@@H]4CC[C@@H]5[C@H](C)N(C)C[C@@]54CC[C@@H]32)C1)C(C)C. The van der Waals surface area contributed by atoms with E-state index in [4.69, 9.17) is 0 Å². The molecule has 5 aliphatic rings. The summed E-state index contributed by atoms with van der Waals surface area (Å²) >= 11 is 0. The zero-order valence-electron chi connectivity index (χ0n) is 23.3. The molecule has 0 radical (unpaired) electrons. The second-order valence-corrected chi connectivity index (χ2v) is 13.6. The number of nitrogens with one attached hydrogen (secondary N) is 1. The molecule has 1 heterocycles. The maximum Gasteiger partial charge on any atom is 0.245 e. The lowest BCUT2D eigenvalue weighted by Crippen LogP contribution is -2.55. The molecule has 0 aromatic heterocycles. The van der Waals surface area contributed by atoms with E-state index in [2.05, 4.69) is 37.2 Å². The van der Waals surface area contributed by atoms with Crippen molar-refractivity contribution in [3.63, 3.8) is 0 Å². The lowest BCUT2D eigenvalue weighted by atomic mass is 9.47. The van der Waals surface area contributed by atoms with Crippen LogP contribution in [0.3, 0.4) is 0 Å². The fourth-order valence-electron chi connectivity index (χ4n) is 9.91. The molecule has 1 N–H and O–H groups in total. The van der Waals surface area contributed by atoms with E-state index in [1.807, 2.05) is 25.8 Å². The third kappa shape index (κ3) is 3.81. The molecule has 0 aromatic carbocycles. The minimum absolute atomic E-state index is 0.0640. The highest BCUT2D eigenvalue weighted by atomic mass is 16.2. The Bertz CT molecular complexity index is 898. The number of carbonyl (C=O) groups excluding carboxylic acids is 2. The molecule has 196 valence electrons. The maximum atomic E-state index is 13.4. The van der Waals surface area contributed by atoms with Crippen LogP contribution in [-0.4, -0.2) is 60.4 Å². The van der Waals surface area contributed by atoms with Crippen LogP contribution in [-0.2, 0) is 9.59 Å². The van der Waals surface area contributed by atoms with E-state index >= 15 is 0 Å². The largest absolute Gasteiger partial charge is 0.344 e. The van der Waals surface area contributed by atoms with Crippen LogP contribution >= 0.6 is 0 Å². The molecule has 1 saturated heterocycles. The van der Waals surface area contributed by atoms with E-state index in [1.165, 1.54) is 52.0 Å². The molecule has 4 aliphatic carbocycles. The fourth-order valence-corrected chi connectivity index (χ4v) is 9.91. The minimum atomic E-state index is -0.438. The van der Waals surface area contributed by atoms with E-state index in [0.717, 1.165) is 42.6 Å². The van der Waals surface area contributed by atoms with Crippen molar-refractivity contribution in [3.8, 4) is 0 Å². The average Bonchev–Trinajstić information content (AvgIpc) is 3.29. The highest BCUT2D eigenvalue weighted by molar-refractivity contribution is 5.87. The van der Waals surface area contributed by atoms with Gasteiger partial charge in [-0.05, 0) is 106 Å². The Balaban J connectivity index is 1.33. The van der Waals surface area contributed by atoms with Crippen molar-refractivity contribution in [3.05, 3.63) is 11.6 Å². The average molecular weight is 484 g/mol. The third-order valence-electron chi connectivity index (χ3n) is 11.9. The van der Waals surface area contributed by atoms with E-state index in [9.17, 15) is 9.59 Å². The van der Waals surface area contributed by atoms with Gasteiger partial charge in [-0.2, -0.15) is 0 Å². The Morgan fingerprint density at radius 2 is 1.83 bits per heavy atom. The van der Waals surface area contributed by atoms with Crippen molar-refractivity contribution in [1.29, 1.82) is 0 Å². The van der Waals surface area contributed by atoms with Gasteiger partial charge in [0.25, 0.3) is 0 Å². The molecule has 2 amide bonds. The number of amides is 2. The second kappa shape index (κ2) is 8.89. The number of hydrogen-bond donors (Lipinski definition) is 1. The summed E-state index contributed by atoms with van der Waals surface area (Å²) in [5.41, 5.74) is 2.50. The molecule has 4 fully saturated rings. The molecule has 1 aliphatic heterocycles. The van der Waals surface area contributed by atoms with Gasteiger partial charge in [-0.3, -0.25) is 9.59 Å². The van der Waals surface area contributed by atoms with Gasteiger partial charge in [-0.1, -0.05) is 32.4 Å². The van der Waals surface area contributed by atoms with E-state index in [0.29, 0.717) is 10.8 Å². The second-order valence-electron chi connectivity index (χ2n) is 13.6. The van der Waals surface area contributed by atoms with E-state index in [-0.39, 0.29) is 23.8 Å². The van der Waals surface area contributed by atoms with Crippen LogP contribution in [0.1, 0.15) is 86.0 Å². The predicted octanol–water partition coefficient (Wildman–Crippen LogP) is 4.87. The first kappa shape index (κ1) is 25.3. The third-order valence-corrected chi connectivity index (χ3v) is 11.9. The monoisotopic (exact) mass is 483 g/mol. The lowest BCUT2D eigenvalue weighted by molar-refractivity contribution is -0.138. The van der Waals surface area contributed by atoms with Gasteiger partial charge in [-0.15, -0.1) is 0 Å². The van der Waals surface area contributed by atoms with Gasteiger partial charge in [-0.25, -0.2) is 0 Å². The summed E-state index contributed by atoms with van der Waals surface area (Å²) in [6.07, 6.45) is 12.8. The summed E-state index contributed by atoms with van der Waals surface area (Å²) in [6, 6.07) is 0.549. The summed E-state index contributed by atoms with van der Waals surface area (Å²) in [7, 11) is 4.32. The highest BCUT2D eigenvalue weighted by Gasteiger charge is 2.64. The van der Waals surface area contributed by atoms with Crippen molar-refractivity contribution < 1.29 is 9.59 Å². The van der Waals surface area contributed by atoms with Gasteiger partial charge in [0.2, 0.25) is 11.8 Å². The van der Waals surface area contributed by atoms with Gasteiger partial charge >= 0.3 is 0 Å². The normalized spacial score (nSPS) is 43.5. The summed E-state index contributed by atoms with van der Waals surface area (Å²) in [5, 5.41) is 2.90. The zero-order valence-corrected chi connectivity index (χ0v) is 23.3. The van der Waals surface area contributed by atoms with Crippen molar-refractivity contribution in [2.24, 2.45) is 40.4 Å². The number of carbonyl (C=O) groups is 2. The first-order chi connectivity index (χ1) is 16.5. The summed E-state index contributed by atoms with van der Waals surface area (Å²) < 4.78 is 0. The number of likely N-dealkylation sites (N-methyl/N-ethyl adjacent to an activating group) is 1. The van der Waals surface area contributed by atoms with E-state index < -0.39 is 6.04 Å². The van der Waals surface area contributed by atoms with Crippen LogP contribution < -0.4 is 5.32 Å². The smallest absolute Gasteiger partial charge is 0.245 e. The first-order valence-corrected chi connectivity index (χ1v) is 14.4. The van der Waals surface area contributed by atoms with Gasteiger partial charge in [0, 0.05) is 32.6 Å². The van der Waals surface area contributed by atoms with Gasteiger partial charge < -0.3 is 15.1 Å². The topological polar surface area (TPSA) is 52.7 Å². The van der Waals surface area contributed by atoms with Gasteiger partial charge in [0.15, 0.2) is 0 Å². The Labute approximate surface area is 213 Å². The number of likely N-dealkylation sites (tertiary alicyclic amines) is 1. The first-order valence-electron chi connectivity index (χ1n) is 14.4. The van der Waals surface area contributed by atoms with Crippen molar-refractivity contribution in [2.45, 2.75) is 104 Å². The quantitative estimate of drug-likeness (QED) is 0.581. The Hall–Kier alpha value is -1.36. The standard InChI is InChI=1S/C30H49N3O2/c1-18(2)27(31-20(4)34)28(35)33(7)22-12-14-29(5)21(16-22)8-9-23-25(29)13-15-30-17-32(6)19(3)24(30)10-11-26(23)30/h8,18-19,22-27H,9-17H2,1-7H3,(H,31,34)/t19-,22-,23+,24+,25-,26-,27-,29-,30-/m0/s1. The molecule has 0 aromatic rings. The molecule has 5 rings (SSSR count). The Kier molecular flexibility index (Phi) is 6.42. The molecule has 3 saturated carbocycles. The maximum absolute atomic E-state index is 13.4. The highest BCUT2D eigenvalue weighted by Crippen LogP contribution is 2.68. The molecule has 35 heavy (non-hydrogen) atoms. The number of rotatable bonds is 4. The molecule has 0 bridgehead atoms. The number of fused-ring (bicyclic) bond motifs is 4. The Morgan fingerprint density at radius 3 is 2.51 bits per heavy atom. The van der Waals surface area contributed by atoms with Gasteiger partial charge in [0.1, 0.15) is 6.04 Å². The molecular weight excluding hydrogens is 434 g/mol. The van der Waals surface area contributed by atoms with Gasteiger partial charge in [0.05, 0.1) is 0 Å². The van der Waals surface area contributed by atoms with E-state index in [1.54, 1.807) is 5.57 Å². The molecule has 0 unspecified atom stereocenters. The summed E-state index contributed by atoms with van der Waals surface area (Å²) in [6.45, 7) is 11.9. The summed E-state index contributed by atoms with van der Waals surface area (Å²) in [5.74, 6) is 3.48. The van der Waals surface area contributed by atoms with Crippen LogP contribution in [0.15, 0.2) is 11.6 Å². The van der Waals surface area contributed by atoms with Crippen LogP contribution in [0.2, 0.25) is 0 Å². The van der Waals surface area contributed by atoms with Crippen LogP contribution in [0.25, 0.3) is 0 Å². The molecule has 1 spiro atoms. The fraction of sp³-hybridized carbons (Fsp3) is 0.867. The molecule has 5 heteroatoms. The molecule has 5 nitrogen and oxygen atoms in total. The van der Waals surface area contributed by atoms with Crippen molar-refractivity contribution in [2.75, 3.05) is 20.6 Å². The number of hydrogen-bond acceptors (Lipinski definition) is 3. The Morgan fingerprint density at radius 1 is 1.11 bits per heavy atom. The van der Waals surface area contributed by atoms with Crippen LogP contribution in [0, 0.1) is 40.4 Å². The minimum Gasteiger partial charge on any atom is -0.344 e. The lowest BCUT2D eigenvalue weighted by Gasteiger charge is -2.58. The summed E-state index contributed by atoms with van der Waals surface area (Å²) in [4.78, 5) is 29.7. The van der Waals surface area contributed by atoms with Crippen LogP contribution in [0.5, 0.6) is 0 Å². The number of allylic oxidation sites excluding steroid dienone is 1.